The van der Waals surface area contributed by atoms with Crippen molar-refractivity contribution >= 4 is 49.6 Å². The van der Waals surface area contributed by atoms with Crippen molar-refractivity contribution in [3.8, 4) is 0 Å². The van der Waals surface area contributed by atoms with E-state index in [2.05, 4.69) is 31.9 Å². The predicted octanol–water partition coefficient (Wildman–Crippen LogP) is 2.46. The molecule has 25 heavy (non-hydrogen) atoms. The number of carboxylic acid groups (broad SMARTS) is 1. The van der Waals surface area contributed by atoms with Crippen LogP contribution in [0.3, 0.4) is 0 Å². The number of carbonyl (C=O) groups is 3. The number of aliphatic carboxylic acids is 1. The van der Waals surface area contributed by atoms with E-state index in [1.165, 1.54) is 0 Å². The van der Waals surface area contributed by atoms with Crippen molar-refractivity contribution in [1.29, 1.82) is 0 Å². The van der Waals surface area contributed by atoms with Gasteiger partial charge in [0.25, 0.3) is 0 Å². The average Bonchev–Trinajstić information content (AvgIpc) is 3.19. The van der Waals surface area contributed by atoms with Crippen LogP contribution in [-0.4, -0.2) is 43.5 Å². The largest absolute Gasteiger partial charge is 0.480 e. The summed E-state index contributed by atoms with van der Waals surface area (Å²) >= 11 is 7.28. The van der Waals surface area contributed by atoms with Gasteiger partial charge in [-0.2, -0.15) is 0 Å². The molecule has 4 rings (SSSR count). The first-order chi connectivity index (χ1) is 11.9. The molecule has 7 heteroatoms. The standard InChI is InChI=1S/C18H17Br2NO4/c19-14-9-7-10(15(14)20)13-12(9)16(22)21(17(13)23)11(18(24)25)6-8-4-2-1-3-5-8/h1-5,9-15H,6-7H2,(H,24,25)/t9-,10-,11-,12-,13-,14-,15+/m0/s1. The summed E-state index contributed by atoms with van der Waals surface area (Å²) in [6.07, 6.45) is 0.973. The van der Waals surface area contributed by atoms with Crippen LogP contribution in [0.15, 0.2) is 30.3 Å². The molecule has 0 spiro atoms. The molecule has 2 aliphatic carbocycles. The van der Waals surface area contributed by atoms with Crippen LogP contribution in [0.2, 0.25) is 0 Å². The fraction of sp³-hybridized carbons (Fsp3) is 0.500. The molecule has 0 unspecified atom stereocenters. The maximum atomic E-state index is 13.0. The number of hydrogen-bond acceptors (Lipinski definition) is 3. The Balaban J connectivity index is 1.65. The fourth-order valence-electron chi connectivity index (χ4n) is 4.81. The second-order valence-electron chi connectivity index (χ2n) is 7.09. The number of carboxylic acids is 1. The Bertz CT molecular complexity index is 708. The van der Waals surface area contributed by atoms with Gasteiger partial charge in [0.1, 0.15) is 6.04 Å². The van der Waals surface area contributed by atoms with Gasteiger partial charge in [0.15, 0.2) is 0 Å². The van der Waals surface area contributed by atoms with E-state index in [-0.39, 0.29) is 51.6 Å². The smallest absolute Gasteiger partial charge is 0.327 e. The number of benzene rings is 1. The molecule has 132 valence electrons. The average molecular weight is 471 g/mol. The summed E-state index contributed by atoms with van der Waals surface area (Å²) in [5, 5.41) is 9.68. The van der Waals surface area contributed by atoms with E-state index in [0.29, 0.717) is 0 Å². The van der Waals surface area contributed by atoms with E-state index in [0.717, 1.165) is 16.9 Å². The molecular weight excluding hydrogens is 454 g/mol. The molecule has 5 nitrogen and oxygen atoms in total. The zero-order valence-corrected chi connectivity index (χ0v) is 16.4. The molecule has 3 fully saturated rings. The van der Waals surface area contributed by atoms with Crippen LogP contribution in [-0.2, 0) is 20.8 Å². The van der Waals surface area contributed by atoms with Gasteiger partial charge in [-0.05, 0) is 23.8 Å². The summed E-state index contributed by atoms with van der Waals surface area (Å²) in [5.74, 6) is -2.34. The molecule has 0 radical (unpaired) electrons. The lowest BCUT2D eigenvalue weighted by atomic mass is 9.81. The molecule has 2 amide bonds. The lowest BCUT2D eigenvalue weighted by Crippen LogP contribution is -2.47. The summed E-state index contributed by atoms with van der Waals surface area (Å²) in [4.78, 5) is 39.1. The number of likely N-dealkylation sites (tertiary alicyclic amines) is 1. The van der Waals surface area contributed by atoms with Gasteiger partial charge in [-0.3, -0.25) is 14.5 Å². The Morgan fingerprint density at radius 2 is 1.60 bits per heavy atom. The van der Waals surface area contributed by atoms with Gasteiger partial charge in [0.2, 0.25) is 11.8 Å². The first-order valence-corrected chi connectivity index (χ1v) is 10.2. The van der Waals surface area contributed by atoms with Crippen molar-refractivity contribution < 1.29 is 19.5 Å². The fourth-order valence-corrected chi connectivity index (χ4v) is 6.68. The number of hydrogen-bond donors (Lipinski definition) is 1. The van der Waals surface area contributed by atoms with Crippen LogP contribution in [0.25, 0.3) is 0 Å². The minimum atomic E-state index is -1.14. The minimum Gasteiger partial charge on any atom is -0.480 e. The van der Waals surface area contributed by atoms with Gasteiger partial charge in [-0.25, -0.2) is 4.79 Å². The number of halogens is 2. The van der Waals surface area contributed by atoms with Crippen molar-refractivity contribution in [2.75, 3.05) is 0 Å². The Hall–Kier alpha value is -1.21. The predicted molar refractivity (Wildman–Crippen MR) is 97.4 cm³/mol. The SMILES string of the molecule is O=C(O)[C@H](Cc1ccccc1)N1C(=O)[C@H]2[C@@H]3C[C@H]([C@@H](Br)[C@H]3Br)[C@@H]2C1=O. The normalized spacial score (nSPS) is 37.4. The molecule has 1 aromatic rings. The van der Waals surface area contributed by atoms with Gasteiger partial charge in [-0.1, -0.05) is 62.2 Å². The number of imide groups is 1. The molecular formula is C18H17Br2NO4. The first kappa shape index (κ1) is 17.2. The second-order valence-corrected chi connectivity index (χ2v) is 9.21. The maximum absolute atomic E-state index is 13.0. The molecule has 1 heterocycles. The van der Waals surface area contributed by atoms with Crippen molar-refractivity contribution in [2.45, 2.75) is 28.5 Å². The van der Waals surface area contributed by atoms with E-state index < -0.39 is 12.0 Å². The van der Waals surface area contributed by atoms with E-state index in [4.69, 9.17) is 0 Å². The number of nitrogens with zero attached hydrogens (tertiary/aromatic N) is 1. The molecule has 1 N–H and O–H groups in total. The summed E-state index contributed by atoms with van der Waals surface area (Å²) in [6.45, 7) is 0. The van der Waals surface area contributed by atoms with Gasteiger partial charge < -0.3 is 5.11 Å². The quantitative estimate of drug-likeness (QED) is 0.541. The number of amides is 2. The van der Waals surface area contributed by atoms with Crippen LogP contribution in [0, 0.1) is 23.7 Å². The molecule has 1 aromatic carbocycles. The highest BCUT2D eigenvalue weighted by Crippen LogP contribution is 2.60. The Kier molecular flexibility index (Phi) is 4.27. The number of fused-ring (bicyclic) bond motifs is 5. The molecule has 1 saturated heterocycles. The minimum absolute atomic E-state index is 0.0898. The van der Waals surface area contributed by atoms with Crippen molar-refractivity contribution in [3.05, 3.63) is 35.9 Å². The highest BCUT2D eigenvalue weighted by Gasteiger charge is 2.67. The molecule has 7 atom stereocenters. The van der Waals surface area contributed by atoms with Gasteiger partial charge in [0, 0.05) is 16.1 Å². The number of alkyl halides is 2. The van der Waals surface area contributed by atoms with Crippen LogP contribution in [0.5, 0.6) is 0 Å². The van der Waals surface area contributed by atoms with E-state index in [9.17, 15) is 19.5 Å². The van der Waals surface area contributed by atoms with E-state index >= 15 is 0 Å². The van der Waals surface area contributed by atoms with Crippen molar-refractivity contribution in [1.82, 2.24) is 4.90 Å². The molecule has 1 aliphatic heterocycles. The van der Waals surface area contributed by atoms with Crippen LogP contribution >= 0.6 is 31.9 Å². The summed E-state index contributed by atoms with van der Waals surface area (Å²) < 4.78 is 0. The van der Waals surface area contributed by atoms with Crippen LogP contribution in [0.4, 0.5) is 0 Å². The Morgan fingerprint density at radius 3 is 2.08 bits per heavy atom. The van der Waals surface area contributed by atoms with E-state index in [1.807, 2.05) is 30.3 Å². The highest BCUT2D eigenvalue weighted by atomic mass is 79.9. The first-order valence-electron chi connectivity index (χ1n) is 8.33. The van der Waals surface area contributed by atoms with Crippen LogP contribution < -0.4 is 0 Å². The topological polar surface area (TPSA) is 74.7 Å². The molecule has 0 aromatic heterocycles. The summed E-state index contributed by atoms with van der Waals surface area (Å²) in [6, 6.07) is 7.97. The second kappa shape index (κ2) is 6.20. The summed E-state index contributed by atoms with van der Waals surface area (Å²) in [7, 11) is 0. The third kappa shape index (κ3) is 2.50. The molecule has 3 aliphatic rings. The maximum Gasteiger partial charge on any atom is 0.327 e. The zero-order chi connectivity index (χ0) is 17.9. The highest BCUT2D eigenvalue weighted by molar-refractivity contribution is 9.12. The Labute approximate surface area is 162 Å². The Morgan fingerprint density at radius 1 is 1.08 bits per heavy atom. The van der Waals surface area contributed by atoms with Crippen molar-refractivity contribution in [2.24, 2.45) is 23.7 Å². The molecule has 2 saturated carbocycles. The number of rotatable bonds is 4. The van der Waals surface area contributed by atoms with E-state index in [1.54, 1.807) is 0 Å². The van der Waals surface area contributed by atoms with Crippen molar-refractivity contribution in [3.63, 3.8) is 0 Å². The monoisotopic (exact) mass is 469 g/mol. The van der Waals surface area contributed by atoms with Gasteiger partial charge in [0.05, 0.1) is 11.8 Å². The third-order valence-electron chi connectivity index (χ3n) is 5.89. The third-order valence-corrected chi connectivity index (χ3v) is 9.10. The lowest BCUT2D eigenvalue weighted by molar-refractivity contribution is -0.155. The van der Waals surface area contributed by atoms with Gasteiger partial charge >= 0.3 is 5.97 Å². The zero-order valence-electron chi connectivity index (χ0n) is 13.2. The molecule has 2 bridgehead atoms. The lowest BCUT2D eigenvalue weighted by Gasteiger charge is -2.28. The number of carbonyl (C=O) groups excluding carboxylic acids is 2. The van der Waals surface area contributed by atoms with Crippen LogP contribution in [0.1, 0.15) is 12.0 Å². The van der Waals surface area contributed by atoms with Gasteiger partial charge in [-0.15, -0.1) is 0 Å². The summed E-state index contributed by atoms with van der Waals surface area (Å²) in [5.41, 5.74) is 0.798.